The maximum Gasteiger partial charge on any atom is 0.235 e. The lowest BCUT2D eigenvalue weighted by Crippen LogP contribution is -2.36. The molecule has 0 spiro atoms. The number of nitrogens with one attached hydrogen (secondary N) is 1. The van der Waals surface area contributed by atoms with E-state index in [1.807, 2.05) is 0 Å². The first kappa shape index (κ1) is 9.54. The normalized spacial score (nSPS) is 25.6. The number of hydrogen-bond acceptors (Lipinski definition) is 3. The highest BCUT2D eigenvalue weighted by molar-refractivity contribution is 7.94. The van der Waals surface area contributed by atoms with Crippen molar-refractivity contribution in [3.8, 4) is 0 Å². The quantitative estimate of drug-likeness (QED) is 0.633. The summed E-state index contributed by atoms with van der Waals surface area (Å²) in [6.45, 7) is 0. The molecule has 4 nitrogen and oxygen atoms in total. The topological polar surface area (TPSA) is 63.2 Å². The van der Waals surface area contributed by atoms with Gasteiger partial charge in [0.15, 0.2) is 9.84 Å². The molecule has 1 heterocycles. The molecule has 0 aliphatic carbocycles. The Balaban J connectivity index is 2.51. The van der Waals surface area contributed by atoms with Crippen molar-refractivity contribution in [2.45, 2.75) is 6.04 Å². The summed E-state index contributed by atoms with van der Waals surface area (Å²) < 4.78 is 21.7. The Kier molecular flexibility index (Phi) is 2.74. The first-order valence-electron chi connectivity index (χ1n) is 3.30. The average molecular weight is 210 g/mol. The van der Waals surface area contributed by atoms with Crippen LogP contribution in [0.5, 0.6) is 0 Å². The predicted molar refractivity (Wildman–Crippen MR) is 45.6 cm³/mol. The van der Waals surface area contributed by atoms with E-state index in [4.69, 9.17) is 11.6 Å². The predicted octanol–water partition coefficient (Wildman–Crippen LogP) is -0.348. The molecular weight excluding hydrogens is 202 g/mol. The van der Waals surface area contributed by atoms with Crippen LogP contribution in [0.2, 0.25) is 0 Å². The fourth-order valence-corrected chi connectivity index (χ4v) is 2.22. The molecule has 12 heavy (non-hydrogen) atoms. The van der Waals surface area contributed by atoms with Crippen LogP contribution < -0.4 is 5.32 Å². The van der Waals surface area contributed by atoms with Crippen LogP contribution in [0.4, 0.5) is 0 Å². The van der Waals surface area contributed by atoms with Gasteiger partial charge in [0.2, 0.25) is 5.91 Å². The van der Waals surface area contributed by atoms with E-state index in [2.05, 4.69) is 5.32 Å². The number of sulfone groups is 1. The lowest BCUT2D eigenvalue weighted by molar-refractivity contribution is -0.118. The molecule has 1 N–H and O–H groups in total. The van der Waals surface area contributed by atoms with E-state index in [0.29, 0.717) is 0 Å². The third-order valence-corrected chi connectivity index (χ3v) is 3.04. The number of carbonyl (C=O) groups is 1. The lowest BCUT2D eigenvalue weighted by Gasteiger charge is -2.06. The third kappa shape index (κ3) is 2.49. The van der Waals surface area contributed by atoms with Gasteiger partial charge < -0.3 is 5.32 Å². The molecule has 0 bridgehead atoms. The molecular formula is C6H8ClNO3S. The fourth-order valence-electron chi connectivity index (χ4n) is 0.911. The van der Waals surface area contributed by atoms with Crippen LogP contribution in [0, 0.1) is 0 Å². The van der Waals surface area contributed by atoms with Crippen molar-refractivity contribution in [2.24, 2.45) is 0 Å². The molecule has 0 saturated heterocycles. The van der Waals surface area contributed by atoms with Crippen LogP contribution in [-0.4, -0.2) is 32.0 Å². The van der Waals surface area contributed by atoms with E-state index in [9.17, 15) is 13.2 Å². The highest BCUT2D eigenvalue weighted by atomic mass is 35.5. The number of halogens is 1. The molecule has 0 aromatic heterocycles. The highest BCUT2D eigenvalue weighted by Gasteiger charge is 2.22. The van der Waals surface area contributed by atoms with Crippen molar-refractivity contribution in [3.63, 3.8) is 0 Å². The van der Waals surface area contributed by atoms with Crippen LogP contribution in [0.25, 0.3) is 0 Å². The second kappa shape index (κ2) is 3.45. The van der Waals surface area contributed by atoms with Gasteiger partial charge >= 0.3 is 0 Å². The van der Waals surface area contributed by atoms with Crippen LogP contribution in [0.1, 0.15) is 0 Å². The zero-order valence-electron chi connectivity index (χ0n) is 6.16. The minimum Gasteiger partial charge on any atom is -0.348 e. The third-order valence-electron chi connectivity index (χ3n) is 1.40. The molecule has 1 amide bonds. The molecule has 6 heteroatoms. The largest absolute Gasteiger partial charge is 0.348 e. The van der Waals surface area contributed by atoms with E-state index in [1.165, 1.54) is 6.08 Å². The molecule has 68 valence electrons. The van der Waals surface area contributed by atoms with Crippen molar-refractivity contribution < 1.29 is 13.2 Å². The minimum atomic E-state index is -3.09. The molecule has 0 aromatic rings. The van der Waals surface area contributed by atoms with Crippen molar-refractivity contribution in [1.82, 2.24) is 5.32 Å². The highest BCUT2D eigenvalue weighted by Crippen LogP contribution is 2.07. The Hall–Kier alpha value is -0.550. The fraction of sp³-hybridized carbons (Fsp3) is 0.500. The van der Waals surface area contributed by atoms with Crippen molar-refractivity contribution in [1.29, 1.82) is 0 Å². The van der Waals surface area contributed by atoms with Gasteiger partial charge in [-0.1, -0.05) is 0 Å². The number of rotatable bonds is 2. The molecule has 0 fully saturated rings. The summed E-state index contributed by atoms with van der Waals surface area (Å²) in [5, 5.41) is 3.55. The molecule has 1 rings (SSSR count). The number of amides is 1. The van der Waals surface area contributed by atoms with Gasteiger partial charge in [-0.15, -0.1) is 11.6 Å². The van der Waals surface area contributed by atoms with Gasteiger partial charge in [0.25, 0.3) is 0 Å². The lowest BCUT2D eigenvalue weighted by atomic mass is 10.3. The van der Waals surface area contributed by atoms with Gasteiger partial charge in [0.05, 0.1) is 11.8 Å². The van der Waals surface area contributed by atoms with Crippen LogP contribution in [0.3, 0.4) is 0 Å². The maximum atomic E-state index is 10.8. The Morgan fingerprint density at radius 2 is 2.33 bits per heavy atom. The number of alkyl halides is 1. The summed E-state index contributed by atoms with van der Waals surface area (Å²) >= 11 is 5.22. The van der Waals surface area contributed by atoms with Crippen molar-refractivity contribution in [2.75, 3.05) is 11.6 Å². The monoisotopic (exact) mass is 209 g/mol. The summed E-state index contributed by atoms with van der Waals surface area (Å²) in [5.74, 6) is -0.566. The van der Waals surface area contributed by atoms with Crippen LogP contribution >= 0.6 is 11.6 Å². The Morgan fingerprint density at radius 1 is 1.67 bits per heavy atom. The molecule has 1 aliphatic rings. The molecule has 0 unspecified atom stereocenters. The molecule has 0 radical (unpaired) electrons. The summed E-state index contributed by atoms with van der Waals surface area (Å²) in [7, 11) is -3.09. The average Bonchev–Trinajstić information content (AvgIpc) is 2.30. The Bertz CT molecular complexity index is 309. The van der Waals surface area contributed by atoms with E-state index >= 15 is 0 Å². The Morgan fingerprint density at radius 3 is 2.75 bits per heavy atom. The van der Waals surface area contributed by atoms with E-state index in [1.54, 1.807) is 0 Å². The van der Waals surface area contributed by atoms with Gasteiger partial charge in [-0.2, -0.15) is 0 Å². The summed E-state index contributed by atoms with van der Waals surface area (Å²) in [4.78, 5) is 10.7. The number of carbonyl (C=O) groups excluding carboxylic acids is 1. The van der Waals surface area contributed by atoms with Crippen LogP contribution in [-0.2, 0) is 14.6 Å². The SMILES string of the molecule is O=C(CCl)N[C@H]1C=CS(=O)(=O)C1. The first-order chi connectivity index (χ1) is 5.53. The zero-order chi connectivity index (χ0) is 9.19. The van der Waals surface area contributed by atoms with Gasteiger partial charge in [-0.3, -0.25) is 4.79 Å². The molecule has 0 aromatic carbocycles. The van der Waals surface area contributed by atoms with Gasteiger partial charge in [-0.05, 0) is 6.08 Å². The van der Waals surface area contributed by atoms with Gasteiger partial charge in [-0.25, -0.2) is 8.42 Å². The van der Waals surface area contributed by atoms with Crippen LogP contribution in [0.15, 0.2) is 11.5 Å². The molecule has 1 aliphatic heterocycles. The van der Waals surface area contributed by atoms with E-state index in [0.717, 1.165) is 5.41 Å². The van der Waals surface area contributed by atoms with E-state index in [-0.39, 0.29) is 17.5 Å². The second-order valence-corrected chi connectivity index (χ2v) is 4.66. The Labute approximate surface area is 75.5 Å². The summed E-state index contributed by atoms with van der Waals surface area (Å²) in [5.41, 5.74) is 0. The zero-order valence-corrected chi connectivity index (χ0v) is 7.73. The first-order valence-corrected chi connectivity index (χ1v) is 5.55. The maximum absolute atomic E-state index is 10.8. The number of hydrogen-bond donors (Lipinski definition) is 1. The van der Waals surface area contributed by atoms with E-state index < -0.39 is 15.9 Å². The van der Waals surface area contributed by atoms with Crippen molar-refractivity contribution in [3.05, 3.63) is 11.5 Å². The standard InChI is InChI=1S/C6H8ClNO3S/c7-3-6(9)8-5-1-2-12(10,11)4-5/h1-2,5H,3-4H2,(H,8,9)/t5-/m0/s1. The molecule has 1 atom stereocenters. The minimum absolute atomic E-state index is 0.0599. The summed E-state index contributed by atoms with van der Waals surface area (Å²) in [6.07, 6.45) is 1.44. The summed E-state index contributed by atoms with van der Waals surface area (Å²) in [6, 6.07) is -0.416. The van der Waals surface area contributed by atoms with Crippen molar-refractivity contribution >= 4 is 27.3 Å². The smallest absolute Gasteiger partial charge is 0.235 e. The van der Waals surface area contributed by atoms with Gasteiger partial charge in [0, 0.05) is 5.41 Å². The molecule has 0 saturated carbocycles. The van der Waals surface area contributed by atoms with Gasteiger partial charge in [0.1, 0.15) is 5.88 Å². The second-order valence-electron chi connectivity index (χ2n) is 2.47.